The van der Waals surface area contributed by atoms with Crippen molar-refractivity contribution in [3.05, 3.63) is 24.4 Å². The Morgan fingerprint density at radius 1 is 1.38 bits per heavy atom. The molecule has 0 bridgehead atoms. The fraction of sp³-hybridized carbons (Fsp3) is 0.300. The van der Waals surface area contributed by atoms with Crippen LogP contribution < -0.4 is 5.32 Å². The number of rotatable bonds is 2. The van der Waals surface area contributed by atoms with Gasteiger partial charge < -0.3 is 5.32 Å². The molecule has 2 aromatic rings. The number of hydrogen-bond acceptors (Lipinski definition) is 2. The predicted molar refractivity (Wildman–Crippen MR) is 54.9 cm³/mol. The van der Waals surface area contributed by atoms with Crippen molar-refractivity contribution in [2.75, 3.05) is 5.32 Å². The van der Waals surface area contributed by atoms with E-state index in [9.17, 15) is 0 Å². The topological polar surface area (TPSA) is 40.7 Å². The molecule has 0 aliphatic rings. The Morgan fingerprint density at radius 3 is 3.00 bits per heavy atom. The van der Waals surface area contributed by atoms with Crippen LogP contribution in [0, 0.1) is 0 Å². The van der Waals surface area contributed by atoms with E-state index in [-0.39, 0.29) is 0 Å². The molecule has 3 nitrogen and oxygen atoms in total. The fourth-order valence-corrected chi connectivity index (χ4v) is 1.36. The molecule has 2 rings (SSSR count). The molecule has 0 unspecified atom stereocenters. The summed E-state index contributed by atoms with van der Waals surface area (Å²) in [5.74, 6) is 0. The maximum atomic E-state index is 3.97. The van der Waals surface area contributed by atoms with Gasteiger partial charge in [0, 0.05) is 17.1 Å². The monoisotopic (exact) mass is 175 g/mol. The Kier molecular flexibility index (Phi) is 1.93. The van der Waals surface area contributed by atoms with Crippen molar-refractivity contribution in [1.29, 1.82) is 0 Å². The van der Waals surface area contributed by atoms with Crippen LogP contribution in [0.25, 0.3) is 10.9 Å². The number of H-pyrrole nitrogens is 1. The van der Waals surface area contributed by atoms with Gasteiger partial charge in [-0.3, -0.25) is 5.10 Å². The van der Waals surface area contributed by atoms with Crippen molar-refractivity contribution >= 4 is 16.6 Å². The summed E-state index contributed by atoms with van der Waals surface area (Å²) in [7, 11) is 0. The third-order valence-electron chi connectivity index (χ3n) is 1.90. The second kappa shape index (κ2) is 3.09. The molecule has 0 amide bonds. The Hall–Kier alpha value is -1.51. The van der Waals surface area contributed by atoms with Crippen LogP contribution in [0.4, 0.5) is 5.69 Å². The van der Waals surface area contributed by atoms with E-state index in [4.69, 9.17) is 0 Å². The molecule has 2 N–H and O–H groups in total. The van der Waals surface area contributed by atoms with Gasteiger partial charge in [0.05, 0.1) is 11.7 Å². The molecule has 0 spiro atoms. The molecular weight excluding hydrogens is 162 g/mol. The second-order valence-electron chi connectivity index (χ2n) is 3.47. The van der Waals surface area contributed by atoms with Crippen LogP contribution in [-0.4, -0.2) is 16.2 Å². The van der Waals surface area contributed by atoms with Gasteiger partial charge >= 0.3 is 0 Å². The van der Waals surface area contributed by atoms with Gasteiger partial charge in [-0.25, -0.2) is 0 Å². The molecule has 1 aromatic carbocycles. The van der Waals surface area contributed by atoms with Crippen molar-refractivity contribution in [3.8, 4) is 0 Å². The molecule has 0 aliphatic carbocycles. The normalized spacial score (nSPS) is 11.0. The highest BCUT2D eigenvalue weighted by Gasteiger charge is 1.98. The molecule has 0 radical (unpaired) electrons. The van der Waals surface area contributed by atoms with Gasteiger partial charge in [-0.15, -0.1) is 0 Å². The highest BCUT2D eigenvalue weighted by Crippen LogP contribution is 2.16. The van der Waals surface area contributed by atoms with Crippen molar-refractivity contribution in [3.63, 3.8) is 0 Å². The summed E-state index contributed by atoms with van der Waals surface area (Å²) in [5, 5.41) is 11.4. The van der Waals surface area contributed by atoms with Crippen LogP contribution in [0.2, 0.25) is 0 Å². The van der Waals surface area contributed by atoms with Gasteiger partial charge in [-0.2, -0.15) is 5.10 Å². The SMILES string of the molecule is CC(C)Nc1ccc2cn[nH]c2c1. The Balaban J connectivity index is 2.37. The molecule has 0 aliphatic heterocycles. The fourth-order valence-electron chi connectivity index (χ4n) is 1.36. The molecule has 1 aromatic heterocycles. The Bertz CT molecular complexity index is 403. The van der Waals surface area contributed by atoms with E-state index < -0.39 is 0 Å². The van der Waals surface area contributed by atoms with Crippen LogP contribution in [-0.2, 0) is 0 Å². The van der Waals surface area contributed by atoms with Crippen molar-refractivity contribution in [1.82, 2.24) is 10.2 Å². The van der Waals surface area contributed by atoms with Gasteiger partial charge in [0.1, 0.15) is 0 Å². The molecule has 68 valence electrons. The lowest BCUT2D eigenvalue weighted by molar-refractivity contribution is 0.900. The highest BCUT2D eigenvalue weighted by atomic mass is 15.1. The van der Waals surface area contributed by atoms with E-state index in [1.54, 1.807) is 0 Å². The molecular formula is C10H13N3. The summed E-state index contributed by atoms with van der Waals surface area (Å²) < 4.78 is 0. The standard InChI is InChI=1S/C10H13N3/c1-7(2)12-9-4-3-8-6-11-13-10(8)5-9/h3-7,12H,1-2H3,(H,11,13). The Morgan fingerprint density at radius 2 is 2.23 bits per heavy atom. The summed E-state index contributed by atoms with van der Waals surface area (Å²) in [6.45, 7) is 4.24. The zero-order valence-corrected chi connectivity index (χ0v) is 7.83. The predicted octanol–water partition coefficient (Wildman–Crippen LogP) is 2.38. The number of aromatic amines is 1. The van der Waals surface area contributed by atoms with Gasteiger partial charge in [0.2, 0.25) is 0 Å². The first-order valence-electron chi connectivity index (χ1n) is 4.45. The molecule has 1 heterocycles. The lowest BCUT2D eigenvalue weighted by Gasteiger charge is -2.09. The number of hydrogen-bond donors (Lipinski definition) is 2. The average molecular weight is 175 g/mol. The van der Waals surface area contributed by atoms with Crippen LogP contribution in [0.15, 0.2) is 24.4 Å². The number of anilines is 1. The van der Waals surface area contributed by atoms with Gasteiger partial charge in [0.25, 0.3) is 0 Å². The van der Waals surface area contributed by atoms with Crippen LogP contribution in [0.1, 0.15) is 13.8 Å². The van der Waals surface area contributed by atoms with E-state index in [0.29, 0.717) is 6.04 Å². The summed E-state index contributed by atoms with van der Waals surface area (Å²) in [6.07, 6.45) is 1.83. The third kappa shape index (κ3) is 1.64. The smallest absolute Gasteiger partial charge is 0.0670 e. The molecule has 3 heteroatoms. The summed E-state index contributed by atoms with van der Waals surface area (Å²) >= 11 is 0. The van der Waals surface area contributed by atoms with Gasteiger partial charge in [-0.05, 0) is 32.0 Å². The highest BCUT2D eigenvalue weighted by molar-refractivity contribution is 5.81. The minimum absolute atomic E-state index is 0.459. The van der Waals surface area contributed by atoms with Crippen LogP contribution in [0.3, 0.4) is 0 Å². The van der Waals surface area contributed by atoms with Gasteiger partial charge in [0.15, 0.2) is 0 Å². The average Bonchev–Trinajstić information content (AvgIpc) is 2.49. The third-order valence-corrected chi connectivity index (χ3v) is 1.90. The minimum Gasteiger partial charge on any atom is -0.383 e. The zero-order valence-electron chi connectivity index (χ0n) is 7.83. The number of nitrogens with one attached hydrogen (secondary N) is 2. The van der Waals surface area contributed by atoms with E-state index in [1.807, 2.05) is 6.20 Å². The number of benzene rings is 1. The van der Waals surface area contributed by atoms with Gasteiger partial charge in [-0.1, -0.05) is 0 Å². The number of aromatic nitrogens is 2. The quantitative estimate of drug-likeness (QED) is 0.735. The van der Waals surface area contributed by atoms with E-state index in [0.717, 1.165) is 16.6 Å². The maximum absolute atomic E-state index is 3.97. The minimum atomic E-state index is 0.459. The molecule has 13 heavy (non-hydrogen) atoms. The van der Waals surface area contributed by atoms with Crippen molar-refractivity contribution in [2.45, 2.75) is 19.9 Å². The first-order chi connectivity index (χ1) is 6.25. The van der Waals surface area contributed by atoms with E-state index >= 15 is 0 Å². The first kappa shape index (κ1) is 8.10. The Labute approximate surface area is 77.2 Å². The maximum Gasteiger partial charge on any atom is 0.0670 e. The first-order valence-corrected chi connectivity index (χ1v) is 4.45. The number of nitrogens with zero attached hydrogens (tertiary/aromatic N) is 1. The largest absolute Gasteiger partial charge is 0.383 e. The summed E-state index contributed by atoms with van der Waals surface area (Å²) in [5.41, 5.74) is 2.21. The molecule has 0 atom stereocenters. The van der Waals surface area contributed by atoms with E-state index in [2.05, 4.69) is 47.6 Å². The summed E-state index contributed by atoms with van der Waals surface area (Å²) in [6, 6.07) is 6.66. The second-order valence-corrected chi connectivity index (χ2v) is 3.47. The number of fused-ring (bicyclic) bond motifs is 1. The molecule has 0 saturated heterocycles. The zero-order chi connectivity index (χ0) is 9.26. The van der Waals surface area contributed by atoms with Crippen LogP contribution >= 0.6 is 0 Å². The van der Waals surface area contributed by atoms with Crippen molar-refractivity contribution in [2.24, 2.45) is 0 Å². The van der Waals surface area contributed by atoms with Crippen molar-refractivity contribution < 1.29 is 0 Å². The van der Waals surface area contributed by atoms with E-state index in [1.165, 1.54) is 0 Å². The summed E-state index contributed by atoms with van der Waals surface area (Å²) in [4.78, 5) is 0. The molecule has 0 saturated carbocycles. The lowest BCUT2D eigenvalue weighted by Crippen LogP contribution is -2.09. The lowest BCUT2D eigenvalue weighted by atomic mass is 10.2. The van der Waals surface area contributed by atoms with Crippen LogP contribution in [0.5, 0.6) is 0 Å². The molecule has 0 fully saturated rings.